The number of ether oxygens (including phenoxy) is 2. The number of aliphatic hydroxyl groups excluding tert-OH is 1. The summed E-state index contributed by atoms with van der Waals surface area (Å²) in [6, 6.07) is 14.4. The zero-order chi connectivity index (χ0) is 31.0. The third-order valence-electron chi connectivity index (χ3n) is 7.63. The van der Waals surface area contributed by atoms with E-state index in [0.717, 1.165) is 48.7 Å². The van der Waals surface area contributed by atoms with E-state index in [1.807, 2.05) is 69.3 Å². The van der Waals surface area contributed by atoms with Gasteiger partial charge in [-0.3, -0.25) is 14.5 Å². The fraction of sp³-hybridized carbons (Fsp3) is 0.576. The molecular weight excluding hydrogens is 564 g/mol. The molecule has 2 aliphatic rings. The normalized spacial score (nSPS) is 17.2. The minimum absolute atomic E-state index is 0.152. The first-order chi connectivity index (χ1) is 20.5. The Morgan fingerprint density at radius 2 is 1.70 bits per heavy atom. The number of rotatable bonds is 14. The number of hydrogen-bond donors (Lipinski definition) is 3. The van der Waals surface area contributed by atoms with Crippen LogP contribution in [-0.2, 0) is 16.0 Å². The van der Waals surface area contributed by atoms with E-state index in [9.17, 15) is 14.7 Å². The summed E-state index contributed by atoms with van der Waals surface area (Å²) >= 11 is 1.55. The number of carbonyl (C=O) groups excluding carboxylic acids is 2. The van der Waals surface area contributed by atoms with Crippen LogP contribution in [0.2, 0.25) is 0 Å². The van der Waals surface area contributed by atoms with Crippen molar-refractivity contribution in [3.05, 3.63) is 54.1 Å². The van der Waals surface area contributed by atoms with Gasteiger partial charge in [0.25, 0.3) is 0 Å². The molecule has 0 unspecified atom stereocenters. The van der Waals surface area contributed by atoms with Gasteiger partial charge in [-0.25, -0.2) is 4.31 Å². The molecule has 0 saturated carbocycles. The van der Waals surface area contributed by atoms with Crippen molar-refractivity contribution in [2.24, 2.45) is 11.3 Å². The third-order valence-corrected chi connectivity index (χ3v) is 8.65. The highest BCUT2D eigenvalue weighted by Gasteiger charge is 2.36. The molecule has 0 spiro atoms. The third kappa shape index (κ3) is 10.1. The van der Waals surface area contributed by atoms with Crippen molar-refractivity contribution in [2.45, 2.75) is 77.0 Å². The largest absolute Gasteiger partial charge is 0.454 e. The predicted octanol–water partition coefficient (Wildman–Crippen LogP) is 4.10. The van der Waals surface area contributed by atoms with Crippen molar-refractivity contribution in [1.82, 2.24) is 19.8 Å². The Bertz CT molecular complexity index is 1200. The molecule has 0 bridgehead atoms. The minimum Gasteiger partial charge on any atom is -0.454 e. The van der Waals surface area contributed by atoms with Gasteiger partial charge in [-0.15, -0.1) is 0 Å². The zero-order valence-electron chi connectivity index (χ0n) is 26.2. The number of benzene rings is 2. The quantitative estimate of drug-likeness (QED) is 0.274. The van der Waals surface area contributed by atoms with Crippen molar-refractivity contribution in [3.63, 3.8) is 0 Å². The first-order valence-corrected chi connectivity index (χ1v) is 16.1. The lowest BCUT2D eigenvalue weighted by Crippen LogP contribution is -2.59. The van der Waals surface area contributed by atoms with E-state index in [-0.39, 0.29) is 25.2 Å². The first-order valence-electron chi connectivity index (χ1n) is 15.3. The van der Waals surface area contributed by atoms with Gasteiger partial charge in [0.1, 0.15) is 6.04 Å². The summed E-state index contributed by atoms with van der Waals surface area (Å²) in [5.41, 5.74) is 0.488. The van der Waals surface area contributed by atoms with E-state index in [4.69, 9.17) is 9.47 Å². The number of amides is 2. The van der Waals surface area contributed by atoms with Crippen LogP contribution in [0, 0.1) is 11.3 Å². The summed E-state index contributed by atoms with van der Waals surface area (Å²) in [5.74, 6) is 1.35. The molecule has 43 heavy (non-hydrogen) atoms. The Balaban J connectivity index is 1.49. The van der Waals surface area contributed by atoms with Gasteiger partial charge in [-0.05, 0) is 79.4 Å². The molecular formula is C33H48N4O5S. The first kappa shape index (κ1) is 33.1. The second kappa shape index (κ2) is 15.3. The Morgan fingerprint density at radius 1 is 1.00 bits per heavy atom. The molecule has 9 nitrogen and oxygen atoms in total. The van der Waals surface area contributed by atoms with Gasteiger partial charge < -0.3 is 25.2 Å². The summed E-state index contributed by atoms with van der Waals surface area (Å²) in [7, 11) is 0. The molecule has 3 N–H and O–H groups in total. The summed E-state index contributed by atoms with van der Waals surface area (Å²) in [6.07, 6.45) is 1.77. The number of nitrogens with one attached hydrogen (secondary N) is 2. The standard InChI is InChI=1S/C33H48N4O5S/c1-23(2)19-37(43-25-13-14-28-29(18-25)42-22-41-28)20-27(38)26(17-24-11-7-6-8-12-24)34-32(40)31(33(3,4)5)35-30(39)21-36-15-9-10-16-36/h6-8,11-14,18,23,26-27,31,38H,9-10,15-17,19-22H2,1-5H3,(H,34,40)(H,35,39)/t26-,27+,31+/m0/s1. The van der Waals surface area contributed by atoms with Gasteiger partial charge in [-0.1, -0.05) is 65.0 Å². The van der Waals surface area contributed by atoms with E-state index in [1.54, 1.807) is 11.9 Å². The number of fused-ring (bicyclic) bond motifs is 1. The van der Waals surface area contributed by atoms with Gasteiger partial charge in [0.15, 0.2) is 11.5 Å². The van der Waals surface area contributed by atoms with E-state index in [0.29, 0.717) is 24.6 Å². The molecule has 3 atom stereocenters. The highest BCUT2D eigenvalue weighted by Crippen LogP contribution is 2.37. The van der Waals surface area contributed by atoms with Crippen LogP contribution < -0.4 is 20.1 Å². The van der Waals surface area contributed by atoms with Crippen LogP contribution in [0.3, 0.4) is 0 Å². The van der Waals surface area contributed by atoms with Crippen LogP contribution in [0.15, 0.2) is 53.4 Å². The number of carbonyl (C=O) groups is 2. The second-order valence-corrected chi connectivity index (χ2v) is 14.2. The van der Waals surface area contributed by atoms with Crippen molar-refractivity contribution < 1.29 is 24.2 Å². The molecule has 2 amide bonds. The maximum Gasteiger partial charge on any atom is 0.243 e. The maximum absolute atomic E-state index is 13.8. The van der Waals surface area contributed by atoms with Crippen molar-refractivity contribution in [3.8, 4) is 11.5 Å². The Kier molecular flexibility index (Phi) is 11.8. The molecule has 2 aliphatic heterocycles. The number of nitrogens with zero attached hydrogens (tertiary/aromatic N) is 2. The highest BCUT2D eigenvalue weighted by atomic mass is 32.2. The molecule has 1 saturated heterocycles. The monoisotopic (exact) mass is 612 g/mol. The van der Waals surface area contributed by atoms with Crippen molar-refractivity contribution in [2.75, 3.05) is 39.5 Å². The van der Waals surface area contributed by atoms with Gasteiger partial charge in [0.2, 0.25) is 18.6 Å². The topological polar surface area (TPSA) is 103 Å². The predicted molar refractivity (Wildman–Crippen MR) is 170 cm³/mol. The Morgan fingerprint density at radius 3 is 2.37 bits per heavy atom. The van der Waals surface area contributed by atoms with Crippen LogP contribution >= 0.6 is 11.9 Å². The van der Waals surface area contributed by atoms with Crippen LogP contribution in [0.5, 0.6) is 11.5 Å². The minimum atomic E-state index is -0.870. The summed E-state index contributed by atoms with van der Waals surface area (Å²) in [6.45, 7) is 13.5. The van der Waals surface area contributed by atoms with Gasteiger partial charge >= 0.3 is 0 Å². The molecule has 236 valence electrons. The van der Waals surface area contributed by atoms with Crippen LogP contribution in [0.4, 0.5) is 0 Å². The molecule has 10 heteroatoms. The average Bonchev–Trinajstić information content (AvgIpc) is 3.62. The SMILES string of the molecule is CC(C)CN(C[C@@H](O)[C@H](Cc1ccccc1)NC(=O)[C@@H](NC(=O)CN1CCCC1)C(C)(C)C)Sc1ccc2c(c1)OCO2. The lowest BCUT2D eigenvalue weighted by molar-refractivity contribution is -0.133. The number of hydrogen-bond acceptors (Lipinski definition) is 8. The Hall–Kier alpha value is -2.79. The molecule has 0 aliphatic carbocycles. The fourth-order valence-electron chi connectivity index (χ4n) is 5.42. The maximum atomic E-state index is 13.8. The van der Waals surface area contributed by atoms with E-state index >= 15 is 0 Å². The number of likely N-dealkylation sites (tertiary alicyclic amines) is 1. The molecule has 2 aromatic carbocycles. The average molecular weight is 613 g/mol. The fourth-order valence-corrected chi connectivity index (χ4v) is 6.60. The summed E-state index contributed by atoms with van der Waals surface area (Å²) < 4.78 is 13.2. The molecule has 1 fully saturated rings. The molecule has 2 heterocycles. The lowest BCUT2D eigenvalue weighted by Gasteiger charge is -2.35. The highest BCUT2D eigenvalue weighted by molar-refractivity contribution is 7.97. The van der Waals surface area contributed by atoms with Gasteiger partial charge in [0, 0.05) is 18.0 Å². The second-order valence-electron chi connectivity index (χ2n) is 13.1. The van der Waals surface area contributed by atoms with E-state index in [2.05, 4.69) is 33.7 Å². The summed E-state index contributed by atoms with van der Waals surface area (Å²) in [5, 5.41) is 17.8. The smallest absolute Gasteiger partial charge is 0.243 e. The van der Waals surface area contributed by atoms with E-state index in [1.165, 1.54) is 0 Å². The van der Waals surface area contributed by atoms with E-state index < -0.39 is 23.6 Å². The summed E-state index contributed by atoms with van der Waals surface area (Å²) in [4.78, 5) is 29.9. The molecule has 0 aromatic heterocycles. The van der Waals surface area contributed by atoms with Gasteiger partial charge in [-0.2, -0.15) is 0 Å². The van der Waals surface area contributed by atoms with Crippen molar-refractivity contribution in [1.29, 1.82) is 0 Å². The lowest BCUT2D eigenvalue weighted by atomic mass is 9.85. The van der Waals surface area contributed by atoms with Crippen LogP contribution in [0.25, 0.3) is 0 Å². The van der Waals surface area contributed by atoms with Crippen LogP contribution in [-0.4, -0.2) is 83.8 Å². The Labute approximate surface area is 260 Å². The van der Waals surface area contributed by atoms with Crippen molar-refractivity contribution >= 4 is 23.8 Å². The number of aliphatic hydroxyl groups is 1. The zero-order valence-corrected chi connectivity index (χ0v) is 27.0. The van der Waals surface area contributed by atoms with Crippen LogP contribution in [0.1, 0.15) is 53.0 Å². The molecule has 4 rings (SSSR count). The molecule has 2 aromatic rings. The molecule has 0 radical (unpaired) electrons. The van der Waals surface area contributed by atoms with Gasteiger partial charge in [0.05, 0.1) is 18.7 Å².